The monoisotopic (exact) mass is 290 g/mol. The van der Waals surface area contributed by atoms with Crippen LogP contribution in [0.15, 0.2) is 41.0 Å². The third-order valence-electron chi connectivity index (χ3n) is 2.32. The van der Waals surface area contributed by atoms with Crippen molar-refractivity contribution in [3.63, 3.8) is 0 Å². The summed E-state index contributed by atoms with van der Waals surface area (Å²) in [4.78, 5) is 4.23. The predicted octanol–water partition coefficient (Wildman–Crippen LogP) is 3.45. The molecule has 0 N–H and O–H groups in total. The van der Waals surface area contributed by atoms with Crippen molar-refractivity contribution in [2.75, 3.05) is 0 Å². The lowest BCUT2D eigenvalue weighted by Crippen LogP contribution is -1.96. The molecule has 0 bridgehead atoms. The summed E-state index contributed by atoms with van der Waals surface area (Å²) in [5.74, 6) is -0.314. The highest BCUT2D eigenvalue weighted by atomic mass is 79.9. The number of nitriles is 1. The zero-order chi connectivity index (χ0) is 12.3. The first-order chi connectivity index (χ1) is 8.19. The summed E-state index contributed by atoms with van der Waals surface area (Å²) in [6, 6.07) is 11.8. The smallest absolute Gasteiger partial charge is 0.126 e. The largest absolute Gasteiger partial charge is 0.246 e. The zero-order valence-electron chi connectivity index (χ0n) is 8.82. The number of rotatable bonds is 2. The van der Waals surface area contributed by atoms with E-state index < -0.39 is 0 Å². The number of aromatic nitrogens is 1. The number of hydrogen-bond donors (Lipinski definition) is 0. The minimum Gasteiger partial charge on any atom is -0.246 e. The number of nitrogens with zero attached hydrogens (tertiary/aromatic N) is 2. The fourth-order valence-corrected chi connectivity index (χ4v) is 1.90. The molecule has 0 amide bonds. The molecule has 2 nitrogen and oxygen atoms in total. The predicted molar refractivity (Wildman–Crippen MR) is 65.9 cm³/mol. The first-order valence-electron chi connectivity index (χ1n) is 4.99. The van der Waals surface area contributed by atoms with Gasteiger partial charge in [-0.05, 0) is 51.8 Å². The van der Waals surface area contributed by atoms with Crippen LogP contribution in [0.5, 0.6) is 0 Å². The van der Waals surface area contributed by atoms with Gasteiger partial charge in [-0.15, -0.1) is 0 Å². The standard InChI is InChI=1S/C13H8BrFN2/c14-13-3-1-2-11(17-13)7-10-6-9(8-16)4-5-12(10)15/h1-6H,7H2. The van der Waals surface area contributed by atoms with Crippen LogP contribution in [0.1, 0.15) is 16.8 Å². The third kappa shape index (κ3) is 2.89. The van der Waals surface area contributed by atoms with Gasteiger partial charge in [-0.2, -0.15) is 5.26 Å². The molecule has 1 aromatic heterocycles. The van der Waals surface area contributed by atoms with Gasteiger partial charge in [0.1, 0.15) is 10.4 Å². The molecule has 0 unspecified atom stereocenters. The first kappa shape index (κ1) is 11.7. The van der Waals surface area contributed by atoms with E-state index in [-0.39, 0.29) is 5.82 Å². The highest BCUT2D eigenvalue weighted by Crippen LogP contribution is 2.15. The molecule has 1 aromatic carbocycles. The van der Waals surface area contributed by atoms with Crippen LogP contribution in [-0.4, -0.2) is 4.98 Å². The molecule has 0 spiro atoms. The Balaban J connectivity index is 2.33. The third-order valence-corrected chi connectivity index (χ3v) is 2.76. The van der Waals surface area contributed by atoms with Gasteiger partial charge in [-0.3, -0.25) is 0 Å². The molecular weight excluding hydrogens is 283 g/mol. The molecular formula is C13H8BrFN2. The van der Waals surface area contributed by atoms with E-state index in [0.717, 1.165) is 5.69 Å². The molecule has 0 radical (unpaired) electrons. The Kier molecular flexibility index (Phi) is 3.50. The summed E-state index contributed by atoms with van der Waals surface area (Å²) in [6.07, 6.45) is 0.376. The van der Waals surface area contributed by atoms with Crippen molar-refractivity contribution in [3.05, 3.63) is 63.6 Å². The van der Waals surface area contributed by atoms with E-state index in [1.54, 1.807) is 6.07 Å². The zero-order valence-corrected chi connectivity index (χ0v) is 10.4. The van der Waals surface area contributed by atoms with Crippen molar-refractivity contribution < 1.29 is 4.39 Å². The second-order valence-corrected chi connectivity index (χ2v) is 4.36. The lowest BCUT2D eigenvalue weighted by atomic mass is 10.1. The molecule has 17 heavy (non-hydrogen) atoms. The Hall–Kier alpha value is -1.73. The van der Waals surface area contributed by atoms with Gasteiger partial charge in [0.25, 0.3) is 0 Å². The van der Waals surface area contributed by atoms with Crippen LogP contribution in [-0.2, 0) is 6.42 Å². The van der Waals surface area contributed by atoms with Crippen molar-refractivity contribution >= 4 is 15.9 Å². The van der Waals surface area contributed by atoms with Crippen LogP contribution in [0.2, 0.25) is 0 Å². The maximum atomic E-state index is 13.5. The van der Waals surface area contributed by atoms with Gasteiger partial charge < -0.3 is 0 Å². The summed E-state index contributed by atoms with van der Waals surface area (Å²) >= 11 is 3.26. The molecule has 0 aliphatic rings. The van der Waals surface area contributed by atoms with Gasteiger partial charge in [-0.1, -0.05) is 6.07 Å². The number of halogens is 2. The Labute approximate surface area is 107 Å². The maximum absolute atomic E-state index is 13.5. The molecule has 2 aromatic rings. The summed E-state index contributed by atoms with van der Waals surface area (Å²) in [5.41, 5.74) is 1.69. The van der Waals surface area contributed by atoms with Crippen LogP contribution >= 0.6 is 15.9 Å². The van der Waals surface area contributed by atoms with Crippen LogP contribution in [0.4, 0.5) is 4.39 Å². The molecule has 0 fully saturated rings. The fourth-order valence-electron chi connectivity index (χ4n) is 1.52. The summed E-state index contributed by atoms with van der Waals surface area (Å²) in [5, 5.41) is 8.77. The van der Waals surface area contributed by atoms with E-state index in [9.17, 15) is 4.39 Å². The molecule has 0 saturated carbocycles. The van der Waals surface area contributed by atoms with E-state index in [1.165, 1.54) is 12.1 Å². The van der Waals surface area contributed by atoms with Crippen LogP contribution in [0.25, 0.3) is 0 Å². The van der Waals surface area contributed by atoms with Gasteiger partial charge in [0.2, 0.25) is 0 Å². The van der Waals surface area contributed by atoms with Crippen molar-refractivity contribution in [2.24, 2.45) is 0 Å². The Morgan fingerprint density at radius 2 is 2.12 bits per heavy atom. The van der Waals surface area contributed by atoms with E-state index in [2.05, 4.69) is 20.9 Å². The normalized spacial score (nSPS) is 9.94. The molecule has 1 heterocycles. The van der Waals surface area contributed by atoms with Gasteiger partial charge in [0, 0.05) is 12.1 Å². The highest BCUT2D eigenvalue weighted by molar-refractivity contribution is 9.10. The SMILES string of the molecule is N#Cc1ccc(F)c(Cc2cccc(Br)n2)c1. The first-order valence-corrected chi connectivity index (χ1v) is 5.78. The van der Waals surface area contributed by atoms with E-state index in [4.69, 9.17) is 5.26 Å². The Morgan fingerprint density at radius 1 is 1.29 bits per heavy atom. The lowest BCUT2D eigenvalue weighted by Gasteiger charge is -2.03. The van der Waals surface area contributed by atoms with Crippen LogP contribution in [0, 0.1) is 17.1 Å². The topological polar surface area (TPSA) is 36.7 Å². The van der Waals surface area contributed by atoms with E-state index in [0.29, 0.717) is 22.2 Å². The van der Waals surface area contributed by atoms with Crippen molar-refractivity contribution in [1.29, 1.82) is 5.26 Å². The van der Waals surface area contributed by atoms with Crippen molar-refractivity contribution in [1.82, 2.24) is 4.98 Å². The second kappa shape index (κ2) is 5.07. The van der Waals surface area contributed by atoms with Gasteiger partial charge in [0.05, 0.1) is 11.6 Å². The van der Waals surface area contributed by atoms with Crippen molar-refractivity contribution in [3.8, 4) is 6.07 Å². The van der Waals surface area contributed by atoms with Crippen LogP contribution < -0.4 is 0 Å². The Bertz CT molecular complexity index is 590. The number of pyridine rings is 1. The molecule has 84 valence electrons. The molecule has 0 aliphatic heterocycles. The molecule has 4 heteroatoms. The summed E-state index contributed by atoms with van der Waals surface area (Å²) in [6.45, 7) is 0. The Morgan fingerprint density at radius 3 is 2.82 bits per heavy atom. The minimum atomic E-state index is -0.314. The average molecular weight is 291 g/mol. The van der Waals surface area contributed by atoms with Gasteiger partial charge in [-0.25, -0.2) is 9.37 Å². The maximum Gasteiger partial charge on any atom is 0.126 e. The number of benzene rings is 1. The lowest BCUT2D eigenvalue weighted by molar-refractivity contribution is 0.613. The molecule has 2 rings (SSSR count). The minimum absolute atomic E-state index is 0.314. The van der Waals surface area contributed by atoms with E-state index >= 15 is 0 Å². The highest BCUT2D eigenvalue weighted by Gasteiger charge is 2.06. The van der Waals surface area contributed by atoms with Crippen LogP contribution in [0.3, 0.4) is 0 Å². The average Bonchev–Trinajstić information content (AvgIpc) is 2.32. The fraction of sp³-hybridized carbons (Fsp3) is 0.0769. The van der Waals surface area contributed by atoms with E-state index in [1.807, 2.05) is 24.3 Å². The molecule has 0 saturated heterocycles. The second-order valence-electron chi connectivity index (χ2n) is 3.55. The van der Waals surface area contributed by atoms with Gasteiger partial charge >= 0.3 is 0 Å². The molecule has 0 atom stereocenters. The van der Waals surface area contributed by atoms with Gasteiger partial charge in [0.15, 0.2) is 0 Å². The summed E-state index contributed by atoms with van der Waals surface area (Å²) in [7, 11) is 0. The van der Waals surface area contributed by atoms with Crippen molar-refractivity contribution in [2.45, 2.75) is 6.42 Å². The number of hydrogen-bond acceptors (Lipinski definition) is 2. The summed E-state index contributed by atoms with van der Waals surface area (Å²) < 4.78 is 14.3. The molecule has 0 aliphatic carbocycles. The quantitative estimate of drug-likeness (QED) is 0.795.